The van der Waals surface area contributed by atoms with E-state index in [-0.39, 0.29) is 11.4 Å². The number of amides is 1. The first-order valence-corrected chi connectivity index (χ1v) is 11.8. The number of hydrogen-bond acceptors (Lipinski definition) is 6. The zero-order chi connectivity index (χ0) is 23.4. The van der Waals surface area contributed by atoms with Gasteiger partial charge in [-0.2, -0.15) is 15.1 Å². The van der Waals surface area contributed by atoms with Crippen molar-refractivity contribution in [2.75, 3.05) is 6.61 Å². The van der Waals surface area contributed by atoms with Crippen LogP contribution in [0, 0.1) is 5.41 Å². The number of fused-ring (bicyclic) bond motifs is 1. The van der Waals surface area contributed by atoms with Gasteiger partial charge in [-0.3, -0.25) is 10.2 Å². The zero-order valence-electron chi connectivity index (χ0n) is 18.3. The van der Waals surface area contributed by atoms with Crippen LogP contribution in [0.5, 0.6) is 11.5 Å². The smallest absolute Gasteiger partial charge is 0.283 e. The van der Waals surface area contributed by atoms with Crippen molar-refractivity contribution in [2.24, 2.45) is 10.1 Å². The lowest BCUT2D eigenvalue weighted by Gasteiger charge is -2.20. The molecule has 0 spiro atoms. The second-order valence-corrected chi connectivity index (χ2v) is 8.73. The summed E-state index contributed by atoms with van der Waals surface area (Å²) in [6.45, 7) is 4.69. The number of aliphatic imine (C=N–C) groups is 1. The maximum absolute atomic E-state index is 12.6. The number of benzene rings is 2. The third-order valence-electron chi connectivity index (χ3n) is 4.88. The van der Waals surface area contributed by atoms with Crippen molar-refractivity contribution in [1.29, 1.82) is 5.41 Å². The molecule has 2 aliphatic heterocycles. The number of thioether (sulfide) groups is 1. The maximum atomic E-state index is 12.6. The first kappa shape index (κ1) is 23.1. The Balaban J connectivity index is 1.58. The lowest BCUT2D eigenvalue weighted by molar-refractivity contribution is -0.114. The number of nitrogens with zero attached hydrogens (tertiary/aromatic N) is 3. The molecule has 33 heavy (non-hydrogen) atoms. The Hall–Kier alpha value is -3.10. The molecule has 4 rings (SSSR count). The largest absolute Gasteiger partial charge is 0.490 e. The van der Waals surface area contributed by atoms with Crippen molar-refractivity contribution in [3.63, 3.8) is 0 Å². The van der Waals surface area contributed by atoms with Gasteiger partial charge in [0.05, 0.1) is 12.2 Å². The van der Waals surface area contributed by atoms with E-state index in [4.69, 9.17) is 26.5 Å². The van der Waals surface area contributed by atoms with E-state index in [1.54, 1.807) is 18.2 Å². The Morgan fingerprint density at radius 1 is 1.15 bits per heavy atom. The highest BCUT2D eigenvalue weighted by atomic mass is 35.5. The van der Waals surface area contributed by atoms with Crippen molar-refractivity contribution in [1.82, 2.24) is 5.01 Å². The van der Waals surface area contributed by atoms with Crippen molar-refractivity contribution in [2.45, 2.75) is 33.3 Å². The number of halogens is 1. The summed E-state index contributed by atoms with van der Waals surface area (Å²) < 4.78 is 11.7. The van der Waals surface area contributed by atoms with Crippen LogP contribution in [0.25, 0.3) is 6.08 Å². The third-order valence-corrected chi connectivity index (χ3v) is 6.22. The minimum atomic E-state index is -0.455. The van der Waals surface area contributed by atoms with Gasteiger partial charge < -0.3 is 9.47 Å². The highest BCUT2D eigenvalue weighted by molar-refractivity contribution is 8.26. The molecule has 2 heterocycles. The second kappa shape index (κ2) is 10.2. The molecule has 0 fully saturated rings. The monoisotopic (exact) mass is 482 g/mol. The van der Waals surface area contributed by atoms with Crippen LogP contribution in [0.4, 0.5) is 0 Å². The van der Waals surface area contributed by atoms with E-state index < -0.39 is 5.91 Å². The van der Waals surface area contributed by atoms with Gasteiger partial charge in [0.25, 0.3) is 5.91 Å². The summed E-state index contributed by atoms with van der Waals surface area (Å²) in [4.78, 5) is 16.8. The summed E-state index contributed by atoms with van der Waals surface area (Å²) in [7, 11) is 0. The molecule has 2 aromatic carbocycles. The van der Waals surface area contributed by atoms with E-state index >= 15 is 0 Å². The highest BCUT2D eigenvalue weighted by Crippen LogP contribution is 2.33. The molecule has 0 aliphatic carbocycles. The molecular weight excluding hydrogens is 460 g/mol. The second-order valence-electron chi connectivity index (χ2n) is 7.28. The molecule has 1 amide bonds. The summed E-state index contributed by atoms with van der Waals surface area (Å²) in [6.07, 6.45) is 3.35. The fourth-order valence-electron chi connectivity index (χ4n) is 3.29. The molecule has 0 aromatic heterocycles. The van der Waals surface area contributed by atoms with Gasteiger partial charge >= 0.3 is 0 Å². The summed E-state index contributed by atoms with van der Waals surface area (Å²) in [5.41, 5.74) is 1.74. The molecule has 2 aromatic rings. The topological polar surface area (TPSA) is 87.3 Å². The van der Waals surface area contributed by atoms with Gasteiger partial charge in [-0.15, -0.1) is 0 Å². The number of carbonyl (C=O) groups is 1. The van der Waals surface area contributed by atoms with Crippen LogP contribution in [0.2, 0.25) is 5.02 Å². The SMILES string of the molecule is CCCC1=NN2C(=N)/C(=C/c3ccc(OCc4ccccc4Cl)c(OCC)c3)C(=O)N=C2S1. The maximum Gasteiger partial charge on any atom is 0.283 e. The number of rotatable bonds is 8. The van der Waals surface area contributed by atoms with Gasteiger partial charge in [0.1, 0.15) is 11.7 Å². The minimum absolute atomic E-state index is 0.0145. The third kappa shape index (κ3) is 5.12. The molecule has 0 unspecified atom stereocenters. The number of carbonyl (C=O) groups excluding carboxylic acids is 1. The molecule has 170 valence electrons. The molecule has 0 atom stereocenters. The Morgan fingerprint density at radius 2 is 1.97 bits per heavy atom. The lowest BCUT2D eigenvalue weighted by Crippen LogP contribution is -2.35. The molecule has 0 radical (unpaired) electrons. The molecular formula is C24H23ClN4O3S. The van der Waals surface area contributed by atoms with E-state index in [0.717, 1.165) is 23.4 Å². The van der Waals surface area contributed by atoms with Crippen LogP contribution in [-0.2, 0) is 11.4 Å². The first-order chi connectivity index (χ1) is 16.0. The Kier molecular flexibility index (Phi) is 7.15. The van der Waals surface area contributed by atoms with Crippen molar-refractivity contribution >= 4 is 51.4 Å². The first-order valence-electron chi connectivity index (χ1n) is 10.6. The predicted octanol–water partition coefficient (Wildman–Crippen LogP) is 5.74. The minimum Gasteiger partial charge on any atom is -0.490 e. The van der Waals surface area contributed by atoms with E-state index in [1.807, 2.05) is 37.3 Å². The molecule has 0 saturated carbocycles. The number of ether oxygens (including phenoxy) is 2. The number of hydrazone groups is 1. The van der Waals surface area contributed by atoms with Crippen LogP contribution in [-0.4, -0.2) is 33.6 Å². The average molecular weight is 483 g/mol. The molecule has 9 heteroatoms. The van der Waals surface area contributed by atoms with Gasteiger partial charge in [-0.1, -0.05) is 42.8 Å². The fourth-order valence-corrected chi connectivity index (χ4v) is 4.46. The average Bonchev–Trinajstić information content (AvgIpc) is 3.20. The zero-order valence-corrected chi connectivity index (χ0v) is 19.9. The predicted molar refractivity (Wildman–Crippen MR) is 133 cm³/mol. The summed E-state index contributed by atoms with van der Waals surface area (Å²) in [5.74, 6) is 0.663. The van der Waals surface area contributed by atoms with Gasteiger partial charge in [-0.25, -0.2) is 0 Å². The van der Waals surface area contributed by atoms with Crippen LogP contribution < -0.4 is 9.47 Å². The molecule has 0 bridgehead atoms. The van der Waals surface area contributed by atoms with Crippen LogP contribution in [0.1, 0.15) is 37.8 Å². The van der Waals surface area contributed by atoms with Gasteiger partial charge in [0, 0.05) is 10.6 Å². The van der Waals surface area contributed by atoms with Gasteiger partial charge in [-0.05, 0) is 61.4 Å². The van der Waals surface area contributed by atoms with Crippen molar-refractivity contribution in [3.8, 4) is 11.5 Å². The van der Waals surface area contributed by atoms with E-state index in [2.05, 4.69) is 17.0 Å². The van der Waals surface area contributed by atoms with Gasteiger partial charge in [0.15, 0.2) is 17.3 Å². The van der Waals surface area contributed by atoms with Gasteiger partial charge in [0.2, 0.25) is 5.17 Å². The Labute approximate surface area is 201 Å². The quantitative estimate of drug-likeness (QED) is 0.485. The molecule has 7 nitrogen and oxygen atoms in total. The molecule has 2 aliphatic rings. The number of hydrogen-bond donors (Lipinski definition) is 1. The van der Waals surface area contributed by atoms with E-state index in [0.29, 0.717) is 40.5 Å². The fraction of sp³-hybridized carbons (Fsp3) is 0.250. The molecule has 0 saturated heterocycles. The highest BCUT2D eigenvalue weighted by Gasteiger charge is 2.35. The Morgan fingerprint density at radius 3 is 2.73 bits per heavy atom. The lowest BCUT2D eigenvalue weighted by atomic mass is 10.1. The normalized spacial score (nSPS) is 16.6. The number of nitrogens with one attached hydrogen (secondary N) is 1. The van der Waals surface area contributed by atoms with E-state index in [1.165, 1.54) is 16.8 Å². The van der Waals surface area contributed by atoms with Crippen LogP contribution in [0.3, 0.4) is 0 Å². The summed E-state index contributed by atoms with van der Waals surface area (Å²) in [5, 5.41) is 16.3. The van der Waals surface area contributed by atoms with Crippen molar-refractivity contribution in [3.05, 3.63) is 64.2 Å². The number of amidine groups is 2. The standard InChI is InChI=1S/C24H23ClN4O3S/c1-3-7-21-28-29-22(26)17(23(30)27-24(29)33-21)12-15-10-11-19(20(13-15)31-4-2)32-14-16-8-5-6-9-18(16)25/h5-6,8-13,26H,3-4,7,14H2,1-2H3/b17-12-,26-22?. The van der Waals surface area contributed by atoms with E-state index in [9.17, 15) is 4.79 Å². The summed E-state index contributed by atoms with van der Waals surface area (Å²) in [6, 6.07) is 12.9. The summed E-state index contributed by atoms with van der Waals surface area (Å²) >= 11 is 7.56. The van der Waals surface area contributed by atoms with Crippen LogP contribution in [0.15, 0.2) is 58.1 Å². The Bertz CT molecular complexity index is 1190. The van der Waals surface area contributed by atoms with Crippen LogP contribution >= 0.6 is 23.4 Å². The van der Waals surface area contributed by atoms with Crippen molar-refractivity contribution < 1.29 is 14.3 Å². The molecule has 1 N–H and O–H groups in total.